The summed E-state index contributed by atoms with van der Waals surface area (Å²) in [6, 6.07) is 0. The van der Waals surface area contributed by atoms with E-state index >= 15 is 0 Å². The first-order chi connectivity index (χ1) is 8.08. The van der Waals surface area contributed by atoms with Crippen molar-refractivity contribution >= 4 is 17.3 Å². The minimum absolute atomic E-state index is 0.0782. The van der Waals surface area contributed by atoms with Gasteiger partial charge in [-0.25, -0.2) is 0 Å². The standard InChI is InChI=1S/C12H17NO3S/c1-8-4-5-9-10(7-8)17-12(16)13(9)6-2-3-11(14)15/h8H,2-7H2,1H3,(H,14,15). The Kier molecular flexibility index (Phi) is 3.66. The predicted octanol–water partition coefficient (Wildman–Crippen LogP) is 1.90. The fraction of sp³-hybridized carbons (Fsp3) is 0.667. The second-order valence-corrected chi connectivity index (χ2v) is 5.78. The van der Waals surface area contributed by atoms with Crippen molar-refractivity contribution in [3.8, 4) is 0 Å². The van der Waals surface area contributed by atoms with E-state index in [1.54, 1.807) is 4.57 Å². The molecule has 0 bridgehead atoms. The molecule has 0 aliphatic heterocycles. The van der Waals surface area contributed by atoms with E-state index in [1.807, 2.05) is 0 Å². The van der Waals surface area contributed by atoms with Gasteiger partial charge in [0, 0.05) is 23.5 Å². The van der Waals surface area contributed by atoms with Gasteiger partial charge in [-0.3, -0.25) is 9.59 Å². The Labute approximate surface area is 104 Å². The Balaban J connectivity index is 2.12. The summed E-state index contributed by atoms with van der Waals surface area (Å²) in [7, 11) is 0. The van der Waals surface area contributed by atoms with Crippen LogP contribution in [0.2, 0.25) is 0 Å². The molecular formula is C12H17NO3S. The van der Waals surface area contributed by atoms with Crippen LogP contribution in [0, 0.1) is 5.92 Å². The molecule has 1 unspecified atom stereocenters. The summed E-state index contributed by atoms with van der Waals surface area (Å²) in [5.41, 5.74) is 1.16. The molecule has 0 saturated heterocycles. The zero-order chi connectivity index (χ0) is 12.4. The number of carbonyl (C=O) groups is 1. The maximum Gasteiger partial charge on any atom is 0.307 e. The number of fused-ring (bicyclic) bond motifs is 1. The second-order valence-electron chi connectivity index (χ2n) is 4.73. The Morgan fingerprint density at radius 3 is 3.06 bits per heavy atom. The molecule has 1 heterocycles. The lowest BCUT2D eigenvalue weighted by Gasteiger charge is -2.19. The van der Waals surface area contributed by atoms with E-state index in [0.717, 1.165) is 25.0 Å². The summed E-state index contributed by atoms with van der Waals surface area (Å²) in [6.45, 7) is 2.76. The third-order valence-electron chi connectivity index (χ3n) is 3.26. The van der Waals surface area contributed by atoms with Crippen molar-refractivity contribution in [3.05, 3.63) is 20.2 Å². The van der Waals surface area contributed by atoms with Gasteiger partial charge in [0.2, 0.25) is 0 Å². The second kappa shape index (κ2) is 5.04. The van der Waals surface area contributed by atoms with Crippen LogP contribution in [0.25, 0.3) is 0 Å². The van der Waals surface area contributed by atoms with Crippen LogP contribution in [-0.4, -0.2) is 15.6 Å². The van der Waals surface area contributed by atoms with Crippen LogP contribution < -0.4 is 4.87 Å². The number of hydrogen-bond acceptors (Lipinski definition) is 3. The highest BCUT2D eigenvalue weighted by Gasteiger charge is 2.21. The van der Waals surface area contributed by atoms with Crippen molar-refractivity contribution in [3.63, 3.8) is 0 Å². The van der Waals surface area contributed by atoms with Crippen molar-refractivity contribution < 1.29 is 9.90 Å². The number of carboxylic acids is 1. The van der Waals surface area contributed by atoms with Crippen molar-refractivity contribution in [1.29, 1.82) is 0 Å². The van der Waals surface area contributed by atoms with Crippen LogP contribution in [0.3, 0.4) is 0 Å². The monoisotopic (exact) mass is 255 g/mol. The van der Waals surface area contributed by atoms with Gasteiger partial charge >= 0.3 is 10.8 Å². The minimum atomic E-state index is -0.796. The lowest BCUT2D eigenvalue weighted by Crippen LogP contribution is -2.19. The van der Waals surface area contributed by atoms with Crippen LogP contribution in [0.1, 0.15) is 36.8 Å². The summed E-state index contributed by atoms with van der Waals surface area (Å²) < 4.78 is 1.79. The van der Waals surface area contributed by atoms with Gasteiger partial charge in [0.25, 0.3) is 0 Å². The molecule has 0 amide bonds. The molecular weight excluding hydrogens is 238 g/mol. The van der Waals surface area contributed by atoms with Crippen LogP contribution >= 0.6 is 11.3 Å². The van der Waals surface area contributed by atoms with Crippen LogP contribution in [-0.2, 0) is 24.2 Å². The molecule has 1 aromatic rings. The molecule has 94 valence electrons. The number of aromatic nitrogens is 1. The highest BCUT2D eigenvalue weighted by atomic mass is 32.1. The van der Waals surface area contributed by atoms with E-state index in [9.17, 15) is 9.59 Å². The third-order valence-corrected chi connectivity index (χ3v) is 4.30. The first-order valence-corrected chi connectivity index (χ1v) is 6.82. The molecule has 2 rings (SSSR count). The maximum absolute atomic E-state index is 11.8. The average molecular weight is 255 g/mol. The quantitative estimate of drug-likeness (QED) is 0.894. The van der Waals surface area contributed by atoms with Gasteiger partial charge in [-0.2, -0.15) is 0 Å². The highest BCUT2D eigenvalue weighted by molar-refractivity contribution is 7.09. The zero-order valence-corrected chi connectivity index (χ0v) is 10.8. The SMILES string of the molecule is CC1CCc2c(sc(=O)n2CCCC(=O)O)C1. The van der Waals surface area contributed by atoms with Crippen LogP contribution in [0.5, 0.6) is 0 Å². The first-order valence-electron chi connectivity index (χ1n) is 6.01. The van der Waals surface area contributed by atoms with E-state index in [0.29, 0.717) is 18.9 Å². The number of hydrogen-bond donors (Lipinski definition) is 1. The number of carboxylic acid groups (broad SMARTS) is 1. The molecule has 1 aromatic heterocycles. The van der Waals surface area contributed by atoms with E-state index in [1.165, 1.54) is 16.2 Å². The van der Waals surface area contributed by atoms with Crippen molar-refractivity contribution in [2.45, 2.75) is 45.6 Å². The Morgan fingerprint density at radius 1 is 1.59 bits per heavy atom. The Hall–Kier alpha value is -1.10. The Bertz CT molecular complexity index is 475. The molecule has 4 nitrogen and oxygen atoms in total. The summed E-state index contributed by atoms with van der Waals surface area (Å²) >= 11 is 1.34. The summed E-state index contributed by atoms with van der Waals surface area (Å²) in [6.07, 6.45) is 3.76. The first kappa shape index (κ1) is 12.4. The van der Waals surface area contributed by atoms with Crippen LogP contribution in [0.4, 0.5) is 0 Å². The van der Waals surface area contributed by atoms with Gasteiger partial charge in [0.1, 0.15) is 0 Å². The number of thiazole rings is 1. The smallest absolute Gasteiger partial charge is 0.307 e. The fourth-order valence-electron chi connectivity index (χ4n) is 2.33. The van der Waals surface area contributed by atoms with Gasteiger partial charge in [-0.1, -0.05) is 18.3 Å². The normalized spacial score (nSPS) is 19.0. The van der Waals surface area contributed by atoms with E-state index in [-0.39, 0.29) is 11.3 Å². The molecule has 0 spiro atoms. The Morgan fingerprint density at radius 2 is 2.35 bits per heavy atom. The van der Waals surface area contributed by atoms with Gasteiger partial charge in [-0.15, -0.1) is 0 Å². The predicted molar refractivity (Wildman–Crippen MR) is 66.6 cm³/mol. The molecule has 5 heteroatoms. The minimum Gasteiger partial charge on any atom is -0.481 e. The number of rotatable bonds is 4. The lowest BCUT2D eigenvalue weighted by molar-refractivity contribution is -0.137. The van der Waals surface area contributed by atoms with E-state index < -0.39 is 5.97 Å². The summed E-state index contributed by atoms with van der Waals surface area (Å²) in [5.74, 6) is -0.135. The van der Waals surface area contributed by atoms with E-state index in [2.05, 4.69) is 6.92 Å². The van der Waals surface area contributed by atoms with E-state index in [4.69, 9.17) is 5.11 Å². The summed E-state index contributed by atoms with van der Waals surface area (Å²) in [5, 5.41) is 8.60. The van der Waals surface area contributed by atoms with Crippen LogP contribution in [0.15, 0.2) is 4.79 Å². The average Bonchev–Trinajstić information content (AvgIpc) is 2.54. The number of aliphatic carboxylic acids is 1. The molecule has 0 saturated carbocycles. The molecule has 17 heavy (non-hydrogen) atoms. The molecule has 1 atom stereocenters. The molecule has 0 fully saturated rings. The van der Waals surface area contributed by atoms with Gasteiger partial charge in [-0.05, 0) is 31.6 Å². The van der Waals surface area contributed by atoms with Gasteiger partial charge in [0.05, 0.1) is 0 Å². The van der Waals surface area contributed by atoms with Gasteiger partial charge in [0.15, 0.2) is 0 Å². The lowest BCUT2D eigenvalue weighted by atomic mass is 9.93. The topological polar surface area (TPSA) is 59.3 Å². The molecule has 1 aliphatic rings. The fourth-order valence-corrected chi connectivity index (χ4v) is 3.55. The molecule has 1 aliphatic carbocycles. The molecule has 0 radical (unpaired) electrons. The maximum atomic E-state index is 11.8. The summed E-state index contributed by atoms with van der Waals surface area (Å²) in [4.78, 5) is 23.6. The third kappa shape index (κ3) is 2.77. The molecule has 1 N–H and O–H groups in total. The highest BCUT2D eigenvalue weighted by Crippen LogP contribution is 2.27. The van der Waals surface area contributed by atoms with Crippen molar-refractivity contribution in [1.82, 2.24) is 4.57 Å². The van der Waals surface area contributed by atoms with Crippen molar-refractivity contribution in [2.75, 3.05) is 0 Å². The molecule has 0 aromatic carbocycles. The largest absolute Gasteiger partial charge is 0.481 e. The van der Waals surface area contributed by atoms with Crippen molar-refractivity contribution in [2.24, 2.45) is 5.92 Å². The zero-order valence-electron chi connectivity index (χ0n) is 9.94. The van der Waals surface area contributed by atoms with Gasteiger partial charge < -0.3 is 9.67 Å². The number of nitrogens with zero attached hydrogens (tertiary/aromatic N) is 1.